The van der Waals surface area contributed by atoms with Crippen molar-refractivity contribution in [3.8, 4) is 0 Å². The molecule has 4 rings (SSSR count). The second kappa shape index (κ2) is 12.2. The lowest BCUT2D eigenvalue weighted by Gasteiger charge is -2.51. The lowest BCUT2D eigenvalue weighted by Crippen LogP contribution is -2.60. The fourth-order valence-corrected chi connectivity index (χ4v) is 6.47. The van der Waals surface area contributed by atoms with Gasteiger partial charge in [-0.3, -0.25) is 19.4 Å². The highest BCUT2D eigenvalue weighted by atomic mass is 16.2. The zero-order valence-electron chi connectivity index (χ0n) is 22.3. The van der Waals surface area contributed by atoms with Crippen LogP contribution in [0.2, 0.25) is 0 Å². The predicted octanol–water partition coefficient (Wildman–Crippen LogP) is 3.82. The number of amides is 3. The highest BCUT2D eigenvalue weighted by Crippen LogP contribution is 2.37. The van der Waals surface area contributed by atoms with Gasteiger partial charge in [0.05, 0.1) is 0 Å². The van der Waals surface area contributed by atoms with Gasteiger partial charge in [0.1, 0.15) is 0 Å². The minimum Gasteiger partial charge on any atom is -0.353 e. The molecule has 0 saturated carbocycles. The van der Waals surface area contributed by atoms with E-state index in [9.17, 15) is 14.4 Å². The fourth-order valence-electron chi connectivity index (χ4n) is 6.47. The Balaban J connectivity index is 1.43. The molecule has 198 valence electrons. The summed E-state index contributed by atoms with van der Waals surface area (Å²) < 4.78 is 0. The maximum absolute atomic E-state index is 13.5. The summed E-state index contributed by atoms with van der Waals surface area (Å²) in [5.74, 6) is 1.91. The van der Waals surface area contributed by atoms with E-state index in [0.29, 0.717) is 42.9 Å². The van der Waals surface area contributed by atoms with E-state index in [0.717, 1.165) is 63.7 Å². The predicted molar refractivity (Wildman–Crippen MR) is 140 cm³/mol. The van der Waals surface area contributed by atoms with Crippen molar-refractivity contribution in [2.24, 2.45) is 23.7 Å². The number of nitrogens with one attached hydrogen (secondary N) is 1. The lowest BCUT2D eigenvalue weighted by atomic mass is 9.77. The summed E-state index contributed by atoms with van der Waals surface area (Å²) in [7, 11) is 0. The number of aryl methyl sites for hydroxylation is 1. The van der Waals surface area contributed by atoms with E-state index in [1.54, 1.807) is 12.4 Å². The Morgan fingerprint density at radius 3 is 2.64 bits per heavy atom. The molecule has 1 N–H and O–H groups in total. The summed E-state index contributed by atoms with van der Waals surface area (Å²) in [6.45, 7) is 8.68. The number of aromatic nitrogens is 1. The maximum atomic E-state index is 13.5. The van der Waals surface area contributed by atoms with Crippen molar-refractivity contribution < 1.29 is 14.4 Å². The van der Waals surface area contributed by atoms with Gasteiger partial charge in [-0.15, -0.1) is 0 Å². The molecule has 5 atom stereocenters. The highest BCUT2D eigenvalue weighted by molar-refractivity contribution is 5.78. The topological polar surface area (TPSA) is 82.6 Å². The van der Waals surface area contributed by atoms with Crippen molar-refractivity contribution in [2.45, 2.75) is 90.6 Å². The Bertz CT molecular complexity index is 905. The van der Waals surface area contributed by atoms with E-state index in [-0.39, 0.29) is 29.8 Å². The summed E-state index contributed by atoms with van der Waals surface area (Å²) >= 11 is 0. The van der Waals surface area contributed by atoms with Gasteiger partial charge < -0.3 is 15.1 Å². The third-order valence-electron chi connectivity index (χ3n) is 8.57. The monoisotopic (exact) mass is 496 g/mol. The van der Waals surface area contributed by atoms with E-state index < -0.39 is 0 Å². The summed E-state index contributed by atoms with van der Waals surface area (Å²) in [5, 5.41) is 3.26. The van der Waals surface area contributed by atoms with Crippen LogP contribution in [0.25, 0.3) is 0 Å². The molecule has 3 aliphatic heterocycles. The number of piperidine rings is 2. The Morgan fingerprint density at radius 2 is 1.89 bits per heavy atom. The third kappa shape index (κ3) is 6.86. The molecule has 2 bridgehead atoms. The van der Waals surface area contributed by atoms with Crippen LogP contribution in [0.1, 0.15) is 77.7 Å². The summed E-state index contributed by atoms with van der Waals surface area (Å²) in [6.07, 6.45) is 10.4. The minimum absolute atomic E-state index is 0.117. The lowest BCUT2D eigenvalue weighted by molar-refractivity contribution is -0.146. The zero-order valence-corrected chi connectivity index (χ0v) is 22.3. The van der Waals surface area contributed by atoms with Crippen molar-refractivity contribution in [2.75, 3.05) is 19.6 Å². The first-order valence-electron chi connectivity index (χ1n) is 14.1. The largest absolute Gasteiger partial charge is 0.353 e. The maximum Gasteiger partial charge on any atom is 0.223 e. The molecule has 0 radical (unpaired) electrons. The zero-order chi connectivity index (χ0) is 25.7. The van der Waals surface area contributed by atoms with Gasteiger partial charge in [0.15, 0.2) is 0 Å². The summed E-state index contributed by atoms with van der Waals surface area (Å²) in [5.41, 5.74) is 1.13. The van der Waals surface area contributed by atoms with E-state index in [2.05, 4.69) is 36.0 Å². The molecule has 0 spiro atoms. The minimum atomic E-state index is 0.117. The van der Waals surface area contributed by atoms with E-state index in [1.165, 1.54) is 0 Å². The molecule has 0 unspecified atom stereocenters. The number of carbonyl (C=O) groups is 3. The second-order valence-electron chi connectivity index (χ2n) is 11.8. The first kappa shape index (κ1) is 26.6. The van der Waals surface area contributed by atoms with Crippen LogP contribution in [0.3, 0.4) is 0 Å². The van der Waals surface area contributed by atoms with Crippen molar-refractivity contribution in [1.82, 2.24) is 20.1 Å². The Hall–Kier alpha value is -2.44. The van der Waals surface area contributed by atoms with Crippen molar-refractivity contribution in [1.29, 1.82) is 0 Å². The van der Waals surface area contributed by atoms with E-state index in [1.807, 2.05) is 17.0 Å². The van der Waals surface area contributed by atoms with E-state index >= 15 is 0 Å². The summed E-state index contributed by atoms with van der Waals surface area (Å²) in [4.78, 5) is 47.6. The number of nitrogens with zero attached hydrogens (tertiary/aromatic N) is 3. The molecule has 36 heavy (non-hydrogen) atoms. The van der Waals surface area contributed by atoms with Crippen LogP contribution in [-0.4, -0.2) is 64.2 Å². The van der Waals surface area contributed by atoms with Gasteiger partial charge in [0, 0.05) is 63.4 Å². The molecule has 7 nitrogen and oxygen atoms in total. The number of fused-ring (bicyclic) bond motifs is 4. The Labute approximate surface area is 216 Å². The van der Waals surface area contributed by atoms with Crippen LogP contribution in [0.15, 0.2) is 24.5 Å². The quantitative estimate of drug-likeness (QED) is 0.687. The van der Waals surface area contributed by atoms with Gasteiger partial charge in [-0.1, -0.05) is 20.8 Å². The first-order chi connectivity index (χ1) is 17.3. The molecular weight excluding hydrogens is 452 g/mol. The molecule has 3 amide bonds. The molecule has 7 heteroatoms. The van der Waals surface area contributed by atoms with Gasteiger partial charge in [0.25, 0.3) is 0 Å². The van der Waals surface area contributed by atoms with Gasteiger partial charge in [-0.2, -0.15) is 0 Å². The normalized spacial score (nSPS) is 30.1. The van der Waals surface area contributed by atoms with Crippen molar-refractivity contribution in [3.63, 3.8) is 0 Å². The van der Waals surface area contributed by atoms with Crippen LogP contribution >= 0.6 is 0 Å². The molecule has 3 saturated heterocycles. The number of hydrogen-bond acceptors (Lipinski definition) is 4. The third-order valence-corrected chi connectivity index (χ3v) is 8.57. The number of rotatable bonds is 4. The highest BCUT2D eigenvalue weighted by Gasteiger charge is 2.43. The smallest absolute Gasteiger partial charge is 0.223 e. The molecule has 4 heterocycles. The van der Waals surface area contributed by atoms with Crippen LogP contribution in [0, 0.1) is 23.7 Å². The second-order valence-corrected chi connectivity index (χ2v) is 11.8. The van der Waals surface area contributed by atoms with Crippen molar-refractivity contribution >= 4 is 17.7 Å². The van der Waals surface area contributed by atoms with Gasteiger partial charge in [-0.25, -0.2) is 0 Å². The first-order valence-corrected chi connectivity index (χ1v) is 14.1. The van der Waals surface area contributed by atoms with Crippen LogP contribution in [-0.2, 0) is 20.8 Å². The Kier molecular flexibility index (Phi) is 9.02. The molecule has 0 aromatic carbocycles. The molecule has 3 fully saturated rings. The van der Waals surface area contributed by atoms with Gasteiger partial charge >= 0.3 is 0 Å². The van der Waals surface area contributed by atoms with Crippen LogP contribution < -0.4 is 5.32 Å². The fraction of sp³-hybridized carbons (Fsp3) is 0.724. The molecule has 1 aromatic rings. The average molecular weight is 497 g/mol. The standard InChI is InChI=1S/C29H44N4O3/c1-20(2)25-9-7-21(3)15-29(36)33-18-23-16-24(26(33)5-4-6-27(34)31-25)19-32(17-23)28(35)10-8-22-11-13-30-14-12-22/h11-14,20-21,23-26H,4-10,15-19H2,1-3H3,(H,31,34)/t21-,23+,24-,25+,26+/m1/s1. The van der Waals surface area contributed by atoms with Crippen LogP contribution in [0.5, 0.6) is 0 Å². The SMILES string of the molecule is CC(C)[C@@H]1CC[C@@H](C)CC(=O)N2C[C@H]3C[C@H](CN(C(=O)CCc4ccncc4)C3)[C@@H]2CCCC(=O)N1. The Morgan fingerprint density at radius 1 is 1.11 bits per heavy atom. The van der Waals surface area contributed by atoms with Crippen molar-refractivity contribution in [3.05, 3.63) is 30.1 Å². The average Bonchev–Trinajstić information content (AvgIpc) is 2.86. The van der Waals surface area contributed by atoms with Gasteiger partial charge in [0.2, 0.25) is 17.7 Å². The molecule has 0 aliphatic carbocycles. The number of pyridine rings is 1. The summed E-state index contributed by atoms with van der Waals surface area (Å²) in [6, 6.07) is 4.22. The number of likely N-dealkylation sites (tertiary alicyclic amines) is 1. The molecule has 3 aliphatic rings. The molecular formula is C29H44N4O3. The number of hydrogen-bond donors (Lipinski definition) is 1. The molecule has 1 aromatic heterocycles. The van der Waals surface area contributed by atoms with Crippen LogP contribution in [0.4, 0.5) is 0 Å². The van der Waals surface area contributed by atoms with Gasteiger partial charge in [-0.05, 0) is 79.9 Å². The van der Waals surface area contributed by atoms with E-state index in [4.69, 9.17) is 0 Å². The number of carbonyl (C=O) groups excluding carboxylic acids is 3.